The van der Waals surface area contributed by atoms with Crippen molar-refractivity contribution >= 4 is 34.6 Å². The molecular formula is C23H16F2N2O2S. The summed E-state index contributed by atoms with van der Waals surface area (Å²) in [5.74, 6) is -0.241. The molecule has 1 fully saturated rings. The zero-order valence-corrected chi connectivity index (χ0v) is 16.5. The summed E-state index contributed by atoms with van der Waals surface area (Å²) in [5, 5.41) is 3.14. The third-order valence-corrected chi connectivity index (χ3v) is 5.09. The van der Waals surface area contributed by atoms with E-state index in [2.05, 4.69) is 10.3 Å². The molecule has 1 aliphatic rings. The Balaban J connectivity index is 1.40. The molecular weight excluding hydrogens is 406 g/mol. The number of ether oxygens (including phenoxy) is 1. The van der Waals surface area contributed by atoms with E-state index in [1.54, 1.807) is 42.5 Å². The van der Waals surface area contributed by atoms with Crippen molar-refractivity contribution in [2.75, 3.05) is 0 Å². The van der Waals surface area contributed by atoms with Crippen LogP contribution in [0.5, 0.6) is 5.75 Å². The van der Waals surface area contributed by atoms with Crippen molar-refractivity contribution in [1.29, 1.82) is 0 Å². The monoisotopic (exact) mass is 422 g/mol. The molecule has 0 bridgehead atoms. The van der Waals surface area contributed by atoms with E-state index in [0.29, 0.717) is 21.5 Å². The number of hydrogen-bond acceptors (Lipinski definition) is 4. The molecule has 30 heavy (non-hydrogen) atoms. The van der Waals surface area contributed by atoms with Gasteiger partial charge in [0.05, 0.1) is 10.6 Å². The number of halogens is 2. The molecule has 0 aromatic heterocycles. The standard InChI is InChI=1S/C23H16F2N2O2S/c24-17-6-8-19(9-7-17)26-23-27-22(28)21(30-23)13-15-4-10-20(11-5-15)29-14-16-2-1-3-18(25)12-16/h1-13H,14H2,(H,26,27,28)/b21-13+. The molecule has 0 spiro atoms. The second-order valence-electron chi connectivity index (χ2n) is 6.45. The van der Waals surface area contributed by atoms with Crippen molar-refractivity contribution in [2.45, 2.75) is 6.61 Å². The number of amidine groups is 1. The highest BCUT2D eigenvalue weighted by molar-refractivity contribution is 8.18. The number of aliphatic imine (C=N–C) groups is 1. The van der Waals surface area contributed by atoms with E-state index in [4.69, 9.17) is 4.74 Å². The normalized spacial score (nSPS) is 16.1. The van der Waals surface area contributed by atoms with Gasteiger partial charge >= 0.3 is 0 Å². The van der Waals surface area contributed by atoms with Gasteiger partial charge in [0.1, 0.15) is 24.0 Å². The van der Waals surface area contributed by atoms with Gasteiger partial charge in [-0.25, -0.2) is 13.8 Å². The molecule has 3 aromatic carbocycles. The van der Waals surface area contributed by atoms with Gasteiger partial charge in [-0.2, -0.15) is 0 Å². The van der Waals surface area contributed by atoms with Crippen LogP contribution in [0.3, 0.4) is 0 Å². The summed E-state index contributed by atoms with van der Waals surface area (Å²) in [6, 6.07) is 19.2. The molecule has 4 rings (SSSR count). The van der Waals surface area contributed by atoms with Gasteiger partial charge in [0.15, 0.2) is 5.17 Å². The Bertz CT molecular complexity index is 1130. The number of nitrogens with zero attached hydrogens (tertiary/aromatic N) is 1. The van der Waals surface area contributed by atoms with Gasteiger partial charge in [-0.3, -0.25) is 4.79 Å². The molecule has 7 heteroatoms. The highest BCUT2D eigenvalue weighted by Crippen LogP contribution is 2.28. The Hall–Kier alpha value is -3.45. The largest absolute Gasteiger partial charge is 0.489 e. The van der Waals surface area contributed by atoms with Crippen LogP contribution in [0.2, 0.25) is 0 Å². The highest BCUT2D eigenvalue weighted by Gasteiger charge is 2.23. The van der Waals surface area contributed by atoms with Crippen LogP contribution in [0.1, 0.15) is 11.1 Å². The molecule has 0 saturated carbocycles. The first-order valence-electron chi connectivity index (χ1n) is 9.08. The predicted octanol–water partition coefficient (Wildman–Crippen LogP) is 5.44. The molecule has 1 aliphatic heterocycles. The number of thioether (sulfide) groups is 1. The summed E-state index contributed by atoms with van der Waals surface area (Å²) in [5.41, 5.74) is 2.13. The van der Waals surface area contributed by atoms with E-state index < -0.39 is 0 Å². The third-order valence-electron chi connectivity index (χ3n) is 4.18. The number of nitrogens with one attached hydrogen (secondary N) is 1. The molecule has 0 aliphatic carbocycles. The number of hydrogen-bond donors (Lipinski definition) is 1. The molecule has 0 unspecified atom stereocenters. The van der Waals surface area contributed by atoms with Gasteiger partial charge in [-0.05, 0) is 77.5 Å². The van der Waals surface area contributed by atoms with Gasteiger partial charge in [-0.15, -0.1) is 0 Å². The molecule has 1 saturated heterocycles. The average Bonchev–Trinajstić information content (AvgIpc) is 3.08. The fraction of sp³-hybridized carbons (Fsp3) is 0.0435. The smallest absolute Gasteiger partial charge is 0.264 e. The minimum atomic E-state index is -0.342. The van der Waals surface area contributed by atoms with Crippen molar-refractivity contribution in [3.05, 3.63) is 100 Å². The van der Waals surface area contributed by atoms with Crippen molar-refractivity contribution in [2.24, 2.45) is 4.99 Å². The quantitative estimate of drug-likeness (QED) is 0.558. The lowest BCUT2D eigenvalue weighted by molar-refractivity contribution is -0.115. The van der Waals surface area contributed by atoms with Gasteiger partial charge in [0.2, 0.25) is 0 Å². The highest BCUT2D eigenvalue weighted by atomic mass is 32.2. The van der Waals surface area contributed by atoms with Crippen molar-refractivity contribution in [3.8, 4) is 5.75 Å². The second-order valence-corrected chi connectivity index (χ2v) is 7.48. The summed E-state index contributed by atoms with van der Waals surface area (Å²) in [6.45, 7) is 0.264. The first-order chi connectivity index (χ1) is 14.5. The minimum absolute atomic E-state index is 0.243. The fourth-order valence-corrected chi connectivity index (χ4v) is 3.56. The van der Waals surface area contributed by atoms with Crippen molar-refractivity contribution < 1.29 is 18.3 Å². The van der Waals surface area contributed by atoms with Gasteiger partial charge in [0, 0.05) is 0 Å². The summed E-state index contributed by atoms with van der Waals surface area (Å²) < 4.78 is 31.9. The Kier molecular flexibility index (Phi) is 5.90. The van der Waals surface area contributed by atoms with Crippen LogP contribution in [0.15, 0.2) is 82.7 Å². The lowest BCUT2D eigenvalue weighted by Crippen LogP contribution is -2.19. The first-order valence-corrected chi connectivity index (χ1v) is 9.89. The van der Waals surface area contributed by atoms with E-state index in [-0.39, 0.29) is 24.1 Å². The van der Waals surface area contributed by atoms with E-state index in [1.807, 2.05) is 12.1 Å². The first kappa shape index (κ1) is 19.8. The molecule has 0 radical (unpaired) electrons. The lowest BCUT2D eigenvalue weighted by atomic mass is 10.2. The SMILES string of the molecule is O=C1NC(=Nc2ccc(F)cc2)S/C1=C/c1ccc(OCc2cccc(F)c2)cc1. The second kappa shape index (κ2) is 8.92. The van der Waals surface area contributed by atoms with Crippen LogP contribution in [-0.2, 0) is 11.4 Å². The molecule has 1 N–H and O–H groups in total. The number of amides is 1. The molecule has 4 nitrogen and oxygen atoms in total. The maximum Gasteiger partial charge on any atom is 0.264 e. The average molecular weight is 422 g/mol. The zero-order chi connectivity index (χ0) is 20.9. The zero-order valence-electron chi connectivity index (χ0n) is 15.6. The summed E-state index contributed by atoms with van der Waals surface area (Å²) in [7, 11) is 0. The van der Waals surface area contributed by atoms with Crippen molar-refractivity contribution in [1.82, 2.24) is 5.32 Å². The number of benzene rings is 3. The van der Waals surface area contributed by atoms with Crippen LogP contribution < -0.4 is 10.1 Å². The van der Waals surface area contributed by atoms with Crippen LogP contribution in [0, 0.1) is 11.6 Å². The summed E-state index contributed by atoms with van der Waals surface area (Å²) in [6.07, 6.45) is 1.75. The van der Waals surface area contributed by atoms with Crippen LogP contribution in [-0.4, -0.2) is 11.1 Å². The Morgan fingerprint density at radius 2 is 1.73 bits per heavy atom. The van der Waals surface area contributed by atoms with Crippen LogP contribution in [0.4, 0.5) is 14.5 Å². The summed E-state index contributed by atoms with van der Waals surface area (Å²) in [4.78, 5) is 17.0. The maximum atomic E-state index is 13.2. The minimum Gasteiger partial charge on any atom is -0.489 e. The van der Waals surface area contributed by atoms with E-state index in [9.17, 15) is 13.6 Å². The van der Waals surface area contributed by atoms with Gasteiger partial charge < -0.3 is 10.1 Å². The van der Waals surface area contributed by atoms with Gasteiger partial charge in [-0.1, -0.05) is 24.3 Å². The Labute approximate surface area is 176 Å². The number of rotatable bonds is 5. The van der Waals surface area contributed by atoms with E-state index in [0.717, 1.165) is 11.1 Å². The van der Waals surface area contributed by atoms with E-state index >= 15 is 0 Å². The molecule has 150 valence electrons. The van der Waals surface area contributed by atoms with E-state index in [1.165, 1.54) is 36.0 Å². The topological polar surface area (TPSA) is 50.7 Å². The molecule has 1 amide bonds. The van der Waals surface area contributed by atoms with Crippen LogP contribution in [0.25, 0.3) is 6.08 Å². The lowest BCUT2D eigenvalue weighted by Gasteiger charge is -2.06. The maximum absolute atomic E-state index is 13.2. The van der Waals surface area contributed by atoms with Gasteiger partial charge in [0.25, 0.3) is 5.91 Å². The number of carbonyl (C=O) groups excluding carboxylic acids is 1. The molecule has 3 aromatic rings. The molecule has 1 heterocycles. The number of carbonyl (C=O) groups is 1. The summed E-state index contributed by atoms with van der Waals surface area (Å²) >= 11 is 1.22. The fourth-order valence-electron chi connectivity index (χ4n) is 2.72. The Morgan fingerprint density at radius 1 is 0.967 bits per heavy atom. The third kappa shape index (κ3) is 5.12. The molecule has 0 atom stereocenters. The van der Waals surface area contributed by atoms with Crippen LogP contribution >= 0.6 is 11.8 Å². The predicted molar refractivity (Wildman–Crippen MR) is 114 cm³/mol. The Morgan fingerprint density at radius 3 is 2.47 bits per heavy atom. The van der Waals surface area contributed by atoms with Crippen molar-refractivity contribution in [3.63, 3.8) is 0 Å².